The first kappa shape index (κ1) is 32.7. The standard InChI is InChI=1S/C32H39F2N5O5/c1-18(2)10-24(28(40)36-22-13-20(33)12-21(34)14-22)29(41)38(5)27(11-19(3)4)30(42)39-17-32(15-23(39)16-35-44)25-8-6-7-9-26(25)37-31(32)43/h6-9,12-14,18-19,23-24,27H,10-11,15-17H2,1-5H3,(H,36,40)(H,37,43)/t23-,24?,27-,32-/m0/s1. The SMILES string of the molecule is CC(C)CC(C(=O)Nc1cc(F)cc(F)c1)C(=O)N(C)[C@@H](CC(C)C)C(=O)N1C[C@]2(C[C@H]1CN=O)C(=O)Nc1ccccc12. The lowest BCUT2D eigenvalue weighted by Gasteiger charge is -2.35. The van der Waals surface area contributed by atoms with E-state index in [1.807, 2.05) is 39.8 Å². The minimum atomic E-state index is -1.25. The Morgan fingerprint density at radius 1 is 1.07 bits per heavy atom. The van der Waals surface area contributed by atoms with Crippen molar-refractivity contribution in [1.82, 2.24) is 9.80 Å². The van der Waals surface area contributed by atoms with Gasteiger partial charge in [-0.15, -0.1) is 0 Å². The van der Waals surface area contributed by atoms with E-state index in [0.717, 1.165) is 17.7 Å². The number of nitrogens with one attached hydrogen (secondary N) is 2. The largest absolute Gasteiger partial charge is 0.334 e. The van der Waals surface area contributed by atoms with Crippen LogP contribution in [0.25, 0.3) is 0 Å². The molecule has 4 amide bonds. The number of anilines is 2. The number of hydrogen-bond acceptors (Lipinski definition) is 6. The zero-order chi connectivity index (χ0) is 32.3. The average molecular weight is 612 g/mol. The summed E-state index contributed by atoms with van der Waals surface area (Å²) in [5, 5.41) is 8.39. The second-order valence-corrected chi connectivity index (χ2v) is 12.6. The van der Waals surface area contributed by atoms with Crippen LogP contribution in [-0.4, -0.2) is 65.6 Å². The summed E-state index contributed by atoms with van der Waals surface area (Å²) in [6.45, 7) is 7.23. The Hall–Kier alpha value is -4.22. The summed E-state index contributed by atoms with van der Waals surface area (Å²) >= 11 is 0. The summed E-state index contributed by atoms with van der Waals surface area (Å²) in [6.07, 6.45) is 0.568. The van der Waals surface area contributed by atoms with Crippen molar-refractivity contribution in [3.8, 4) is 0 Å². The Morgan fingerprint density at radius 2 is 1.70 bits per heavy atom. The third-order valence-electron chi connectivity index (χ3n) is 8.41. The minimum absolute atomic E-state index is 0.00648. The molecule has 1 saturated heterocycles. The number of likely N-dealkylation sites (tertiary alicyclic amines) is 1. The highest BCUT2D eigenvalue weighted by Crippen LogP contribution is 2.46. The maximum atomic E-state index is 14.3. The number of carbonyl (C=O) groups is 4. The number of rotatable bonds is 11. The van der Waals surface area contributed by atoms with Crippen LogP contribution in [0.4, 0.5) is 20.2 Å². The van der Waals surface area contributed by atoms with Crippen molar-refractivity contribution in [3.63, 3.8) is 0 Å². The Labute approximate surface area is 255 Å². The minimum Gasteiger partial charge on any atom is -0.334 e. The summed E-state index contributed by atoms with van der Waals surface area (Å²) < 4.78 is 27.6. The van der Waals surface area contributed by atoms with Crippen molar-refractivity contribution in [2.75, 3.05) is 30.8 Å². The third-order valence-corrected chi connectivity index (χ3v) is 8.41. The second kappa shape index (κ2) is 13.2. The van der Waals surface area contributed by atoms with Crippen LogP contribution in [-0.2, 0) is 24.6 Å². The van der Waals surface area contributed by atoms with Crippen LogP contribution in [0.1, 0.15) is 52.5 Å². The predicted molar refractivity (Wildman–Crippen MR) is 161 cm³/mol. The predicted octanol–water partition coefficient (Wildman–Crippen LogP) is 4.70. The molecule has 10 nitrogen and oxygen atoms in total. The molecule has 1 spiro atoms. The molecule has 12 heteroatoms. The maximum absolute atomic E-state index is 14.3. The molecule has 0 aromatic heterocycles. The summed E-state index contributed by atoms with van der Waals surface area (Å²) in [7, 11) is 1.45. The number of nitrogens with zero attached hydrogens (tertiary/aromatic N) is 3. The van der Waals surface area contributed by atoms with Gasteiger partial charge in [0.25, 0.3) is 0 Å². The molecule has 0 radical (unpaired) electrons. The average Bonchev–Trinajstić information content (AvgIpc) is 3.46. The van der Waals surface area contributed by atoms with E-state index in [1.165, 1.54) is 16.8 Å². The van der Waals surface area contributed by atoms with Gasteiger partial charge in [0.1, 0.15) is 30.1 Å². The third kappa shape index (κ3) is 6.63. The van der Waals surface area contributed by atoms with Gasteiger partial charge in [-0.1, -0.05) is 51.1 Å². The smallest absolute Gasteiger partial charge is 0.245 e. The first-order valence-corrected chi connectivity index (χ1v) is 14.8. The molecule has 2 heterocycles. The van der Waals surface area contributed by atoms with Crippen LogP contribution >= 0.6 is 0 Å². The van der Waals surface area contributed by atoms with E-state index >= 15 is 0 Å². The highest BCUT2D eigenvalue weighted by molar-refractivity contribution is 6.08. The van der Waals surface area contributed by atoms with Crippen LogP contribution < -0.4 is 10.6 Å². The van der Waals surface area contributed by atoms with Crippen molar-refractivity contribution < 1.29 is 28.0 Å². The van der Waals surface area contributed by atoms with E-state index in [4.69, 9.17) is 0 Å². The Kier molecular flexibility index (Phi) is 9.80. The maximum Gasteiger partial charge on any atom is 0.245 e. The van der Waals surface area contributed by atoms with Gasteiger partial charge in [-0.2, -0.15) is 4.91 Å². The molecule has 2 aromatic rings. The van der Waals surface area contributed by atoms with Gasteiger partial charge in [-0.05, 0) is 54.9 Å². The molecule has 2 aromatic carbocycles. The van der Waals surface area contributed by atoms with Crippen LogP contribution in [0, 0.1) is 34.3 Å². The van der Waals surface area contributed by atoms with Crippen LogP contribution in [0.15, 0.2) is 47.6 Å². The number of para-hydroxylation sites is 1. The fourth-order valence-corrected chi connectivity index (χ4v) is 6.35. The van der Waals surface area contributed by atoms with E-state index < -0.39 is 52.8 Å². The molecule has 236 valence electrons. The highest BCUT2D eigenvalue weighted by atomic mass is 19.1. The van der Waals surface area contributed by atoms with Gasteiger partial charge >= 0.3 is 0 Å². The summed E-state index contributed by atoms with van der Waals surface area (Å²) in [4.78, 5) is 69.2. The van der Waals surface area contributed by atoms with Gasteiger partial charge in [0.15, 0.2) is 0 Å². The molecule has 1 fully saturated rings. The topological polar surface area (TPSA) is 128 Å². The molecule has 0 bridgehead atoms. The van der Waals surface area contributed by atoms with Crippen molar-refractivity contribution in [2.24, 2.45) is 22.9 Å². The molecular weight excluding hydrogens is 572 g/mol. The number of likely N-dealkylation sites (N-methyl/N-ethyl adjacent to an activating group) is 1. The normalized spacial score (nSPS) is 20.4. The number of fused-ring (bicyclic) bond motifs is 2. The van der Waals surface area contributed by atoms with Gasteiger partial charge < -0.3 is 20.4 Å². The summed E-state index contributed by atoms with van der Waals surface area (Å²) in [5.41, 5.74) is 0.195. The monoisotopic (exact) mass is 611 g/mol. The Bertz CT molecular complexity index is 1430. The fraction of sp³-hybridized carbons (Fsp3) is 0.500. The number of hydrogen-bond donors (Lipinski definition) is 2. The summed E-state index contributed by atoms with van der Waals surface area (Å²) in [5.74, 6) is -5.26. The van der Waals surface area contributed by atoms with Crippen molar-refractivity contribution in [3.05, 3.63) is 64.6 Å². The first-order chi connectivity index (χ1) is 20.8. The van der Waals surface area contributed by atoms with Gasteiger partial charge in [-0.3, -0.25) is 19.2 Å². The number of carbonyl (C=O) groups excluding carboxylic acids is 4. The van der Waals surface area contributed by atoms with Crippen molar-refractivity contribution in [1.29, 1.82) is 0 Å². The molecule has 2 aliphatic heterocycles. The lowest BCUT2D eigenvalue weighted by molar-refractivity contribution is -0.150. The molecule has 0 aliphatic carbocycles. The zero-order valence-corrected chi connectivity index (χ0v) is 25.6. The van der Waals surface area contributed by atoms with Crippen molar-refractivity contribution in [2.45, 2.75) is 64.5 Å². The quantitative estimate of drug-likeness (QED) is 0.281. The number of benzene rings is 2. The van der Waals surface area contributed by atoms with E-state index in [0.29, 0.717) is 11.8 Å². The molecule has 4 atom stereocenters. The van der Waals surface area contributed by atoms with E-state index in [2.05, 4.69) is 15.8 Å². The van der Waals surface area contributed by atoms with E-state index in [1.54, 1.807) is 12.1 Å². The van der Waals surface area contributed by atoms with E-state index in [-0.39, 0.29) is 55.8 Å². The molecule has 2 N–H and O–H groups in total. The molecule has 4 rings (SSSR count). The van der Waals surface area contributed by atoms with Crippen LogP contribution in [0.5, 0.6) is 0 Å². The molecule has 0 saturated carbocycles. The fourth-order valence-electron chi connectivity index (χ4n) is 6.35. The molecule has 2 aliphatic rings. The van der Waals surface area contributed by atoms with Crippen molar-refractivity contribution >= 4 is 35.0 Å². The van der Waals surface area contributed by atoms with Crippen LogP contribution in [0.3, 0.4) is 0 Å². The summed E-state index contributed by atoms with van der Waals surface area (Å²) in [6, 6.07) is 8.11. The Morgan fingerprint density at radius 3 is 2.32 bits per heavy atom. The zero-order valence-electron chi connectivity index (χ0n) is 25.6. The van der Waals surface area contributed by atoms with Gasteiger partial charge in [0.2, 0.25) is 23.6 Å². The molecule has 44 heavy (non-hydrogen) atoms. The Balaban J connectivity index is 1.64. The van der Waals surface area contributed by atoms with Crippen LogP contribution in [0.2, 0.25) is 0 Å². The number of nitroso groups, excluding NO2 is 1. The first-order valence-electron chi connectivity index (χ1n) is 14.8. The lowest BCUT2D eigenvalue weighted by Crippen LogP contribution is -2.54. The van der Waals surface area contributed by atoms with E-state index in [9.17, 15) is 32.9 Å². The van der Waals surface area contributed by atoms with Gasteiger partial charge in [0.05, 0.1) is 11.5 Å². The number of halogens is 2. The van der Waals surface area contributed by atoms with Gasteiger partial charge in [-0.25, -0.2) is 8.78 Å². The lowest BCUT2D eigenvalue weighted by atomic mass is 9.79. The second-order valence-electron chi connectivity index (χ2n) is 12.6. The number of amides is 4. The molecular formula is C32H39F2N5O5. The molecule has 1 unspecified atom stereocenters. The highest BCUT2D eigenvalue weighted by Gasteiger charge is 2.56. The van der Waals surface area contributed by atoms with Gasteiger partial charge in [0, 0.05) is 31.0 Å².